The van der Waals surface area contributed by atoms with E-state index in [2.05, 4.69) is 18.9 Å². The van der Waals surface area contributed by atoms with Crippen LogP contribution in [0, 0.1) is 0 Å². The summed E-state index contributed by atoms with van der Waals surface area (Å²) in [4.78, 5) is 32.0. The summed E-state index contributed by atoms with van der Waals surface area (Å²) in [5, 5.41) is 0. The van der Waals surface area contributed by atoms with Crippen LogP contribution in [0.5, 0.6) is 0 Å². The van der Waals surface area contributed by atoms with Gasteiger partial charge in [0.15, 0.2) is 6.10 Å². The smallest absolute Gasteiger partial charge is 0.456 e. The van der Waals surface area contributed by atoms with Crippen molar-refractivity contribution in [3.63, 3.8) is 0 Å². The minimum Gasteiger partial charge on any atom is -0.456 e. The van der Waals surface area contributed by atoms with E-state index in [0.717, 1.165) is 0 Å². The van der Waals surface area contributed by atoms with E-state index in [1.54, 1.807) is 0 Å². The molecule has 7 nitrogen and oxygen atoms in total. The molecule has 0 radical (unpaired) electrons. The highest BCUT2D eigenvalue weighted by Gasteiger charge is 2.51. The number of esters is 3. The predicted molar refractivity (Wildman–Crippen MR) is 58.4 cm³/mol. The normalized spacial score (nSPS) is 23.7. The number of rotatable bonds is 4. The second kappa shape index (κ2) is 7.77. The van der Waals surface area contributed by atoms with Crippen LogP contribution in [0.3, 0.4) is 0 Å². The van der Waals surface area contributed by atoms with Gasteiger partial charge in [0.25, 0.3) is 0 Å². The molecule has 27 heavy (non-hydrogen) atoms. The van der Waals surface area contributed by atoms with E-state index in [0.29, 0.717) is 0 Å². The maximum absolute atomic E-state index is 12.2. The molecule has 3 atom stereocenters. The van der Waals surface area contributed by atoms with Gasteiger partial charge in [0, 0.05) is 6.42 Å². The molecule has 1 heterocycles. The number of hydrogen-bond acceptors (Lipinski definition) is 7. The Morgan fingerprint density at radius 2 is 1.22 bits per heavy atom. The molecule has 0 aliphatic carbocycles. The molecule has 0 spiro atoms. The Hall–Kier alpha value is -2.26. The quantitative estimate of drug-likeness (QED) is 0.388. The maximum Gasteiger partial charge on any atom is 0.491 e. The third-order valence-corrected chi connectivity index (χ3v) is 2.70. The van der Waals surface area contributed by atoms with Gasteiger partial charge in [0.2, 0.25) is 6.29 Å². The summed E-state index contributed by atoms with van der Waals surface area (Å²) in [7, 11) is 0. The van der Waals surface area contributed by atoms with Crippen molar-refractivity contribution in [1.82, 2.24) is 0 Å². The fourth-order valence-corrected chi connectivity index (χ4v) is 1.64. The zero-order chi connectivity index (χ0) is 21.2. The molecule has 1 rings (SSSR count). The summed E-state index contributed by atoms with van der Waals surface area (Å²) in [6.45, 7) is -1.28. The summed E-state index contributed by atoms with van der Waals surface area (Å²) >= 11 is 0. The van der Waals surface area contributed by atoms with Crippen LogP contribution in [0.15, 0.2) is 0 Å². The summed E-state index contributed by atoms with van der Waals surface area (Å²) < 4.78 is 125. The van der Waals surface area contributed by atoms with Gasteiger partial charge < -0.3 is 18.9 Å². The third kappa shape index (κ3) is 6.76. The van der Waals surface area contributed by atoms with Gasteiger partial charge in [-0.2, -0.15) is 39.5 Å². The van der Waals surface area contributed by atoms with Gasteiger partial charge in [0.1, 0.15) is 6.61 Å². The molecule has 1 aliphatic heterocycles. The molecule has 0 amide bonds. The van der Waals surface area contributed by atoms with E-state index in [1.165, 1.54) is 0 Å². The second-order valence-electron chi connectivity index (χ2n) is 4.80. The van der Waals surface area contributed by atoms with Gasteiger partial charge in [-0.3, -0.25) is 0 Å². The Balaban J connectivity index is 2.81. The zero-order valence-corrected chi connectivity index (χ0v) is 12.4. The van der Waals surface area contributed by atoms with Crippen molar-refractivity contribution in [1.29, 1.82) is 0 Å². The molecular weight excluding hydrogens is 415 g/mol. The molecule has 0 bridgehead atoms. The fraction of sp³-hybridized carbons (Fsp3) is 0.727. The minimum absolute atomic E-state index is 0.956. The summed E-state index contributed by atoms with van der Waals surface area (Å²) in [6, 6.07) is 0. The molecule has 0 unspecified atom stereocenters. The number of alkyl halides is 9. The first-order valence-corrected chi connectivity index (χ1v) is 6.47. The molecule has 0 aromatic heterocycles. The Morgan fingerprint density at radius 3 is 1.67 bits per heavy atom. The summed E-state index contributed by atoms with van der Waals surface area (Å²) in [5.74, 6) is -8.52. The molecule has 156 valence electrons. The van der Waals surface area contributed by atoms with E-state index >= 15 is 0 Å². The first-order valence-electron chi connectivity index (χ1n) is 6.47. The number of carbonyl (C=O) groups is 3. The monoisotopic (exact) mass is 422 g/mol. The molecule has 0 aromatic rings. The van der Waals surface area contributed by atoms with Crippen LogP contribution in [0.2, 0.25) is 0 Å². The van der Waals surface area contributed by atoms with Crippen LogP contribution in [0.1, 0.15) is 6.42 Å². The highest BCUT2D eigenvalue weighted by molar-refractivity contribution is 5.77. The van der Waals surface area contributed by atoms with Gasteiger partial charge in [0.05, 0.1) is 6.10 Å². The van der Waals surface area contributed by atoms with Crippen molar-refractivity contribution in [2.75, 3.05) is 6.61 Å². The van der Waals surface area contributed by atoms with Gasteiger partial charge >= 0.3 is 36.4 Å². The minimum atomic E-state index is -5.59. The van der Waals surface area contributed by atoms with Crippen molar-refractivity contribution < 1.29 is 72.8 Å². The highest BCUT2D eigenvalue weighted by Crippen LogP contribution is 2.30. The molecule has 0 aromatic carbocycles. The molecular formula is C11H7F9O7. The number of carbonyl (C=O) groups excluding carboxylic acids is 3. The number of ether oxygens (including phenoxy) is 4. The largest absolute Gasteiger partial charge is 0.491 e. The molecule has 1 saturated heterocycles. The van der Waals surface area contributed by atoms with Crippen LogP contribution >= 0.6 is 0 Å². The Labute approximate surface area is 142 Å². The van der Waals surface area contributed by atoms with E-state index in [1.807, 2.05) is 0 Å². The van der Waals surface area contributed by atoms with E-state index in [4.69, 9.17) is 0 Å². The molecule has 1 aliphatic rings. The molecule has 0 N–H and O–H groups in total. The number of halogens is 9. The van der Waals surface area contributed by atoms with E-state index < -0.39 is 68.0 Å². The lowest BCUT2D eigenvalue weighted by atomic mass is 10.2. The standard InChI is InChI=1S/C11H7F9O7/c12-9(13,14)6(21)24-2-3-1-4(26-7(22)10(15,16)17)5(25-3)27-8(23)11(18,19)20/h3-5H,1-2H2/t3-,4-,5-/m0/s1. The van der Waals surface area contributed by atoms with Crippen molar-refractivity contribution in [3.05, 3.63) is 0 Å². The Bertz CT molecular complexity index is 544. The second-order valence-corrected chi connectivity index (χ2v) is 4.80. The van der Waals surface area contributed by atoms with Crippen molar-refractivity contribution in [3.8, 4) is 0 Å². The first kappa shape index (κ1) is 22.8. The van der Waals surface area contributed by atoms with E-state index in [9.17, 15) is 53.9 Å². The maximum atomic E-state index is 12.2. The van der Waals surface area contributed by atoms with Crippen LogP contribution < -0.4 is 0 Å². The van der Waals surface area contributed by atoms with Gasteiger partial charge in [-0.15, -0.1) is 0 Å². The van der Waals surface area contributed by atoms with Crippen LogP contribution in [-0.4, -0.2) is 61.5 Å². The lowest BCUT2D eigenvalue weighted by molar-refractivity contribution is -0.241. The molecule has 0 saturated carbocycles. The van der Waals surface area contributed by atoms with Crippen molar-refractivity contribution >= 4 is 17.9 Å². The van der Waals surface area contributed by atoms with Crippen LogP contribution in [-0.2, 0) is 33.3 Å². The Morgan fingerprint density at radius 1 is 0.778 bits per heavy atom. The van der Waals surface area contributed by atoms with Gasteiger partial charge in [-0.25, -0.2) is 14.4 Å². The fourth-order valence-electron chi connectivity index (χ4n) is 1.64. The molecule has 16 heteroatoms. The average Bonchev–Trinajstić information content (AvgIpc) is 2.83. The average molecular weight is 422 g/mol. The van der Waals surface area contributed by atoms with Crippen molar-refractivity contribution in [2.45, 2.75) is 43.4 Å². The topological polar surface area (TPSA) is 88.1 Å². The lowest BCUT2D eigenvalue weighted by Gasteiger charge is -2.20. The number of hydrogen-bond donors (Lipinski definition) is 0. The lowest BCUT2D eigenvalue weighted by Crippen LogP contribution is -2.39. The molecule has 1 fully saturated rings. The highest BCUT2D eigenvalue weighted by atomic mass is 19.4. The van der Waals surface area contributed by atoms with Gasteiger partial charge in [-0.1, -0.05) is 0 Å². The van der Waals surface area contributed by atoms with Gasteiger partial charge in [-0.05, 0) is 0 Å². The van der Waals surface area contributed by atoms with Crippen LogP contribution in [0.4, 0.5) is 39.5 Å². The first-order chi connectivity index (χ1) is 12.0. The predicted octanol–water partition coefficient (Wildman–Crippen LogP) is 1.79. The summed E-state index contributed by atoms with van der Waals surface area (Å²) in [6.07, 6.45) is -24.1. The third-order valence-electron chi connectivity index (χ3n) is 2.70. The summed E-state index contributed by atoms with van der Waals surface area (Å²) in [5.41, 5.74) is 0. The van der Waals surface area contributed by atoms with Crippen LogP contribution in [0.25, 0.3) is 0 Å². The SMILES string of the molecule is O=C(OC[C@@H]1C[C@H](OC(=O)C(F)(F)F)[C@H](OC(=O)C(F)(F)F)O1)C(F)(F)F. The Kier molecular flexibility index (Phi) is 6.56. The van der Waals surface area contributed by atoms with E-state index in [-0.39, 0.29) is 0 Å². The zero-order valence-electron chi connectivity index (χ0n) is 12.4. The van der Waals surface area contributed by atoms with Crippen molar-refractivity contribution in [2.24, 2.45) is 0 Å².